The van der Waals surface area contributed by atoms with Gasteiger partial charge in [-0.05, 0) is 116 Å². The van der Waals surface area contributed by atoms with Crippen LogP contribution < -0.4 is 0 Å². The Kier molecular flexibility index (Phi) is 9.03. The number of ketones is 1. The molecule has 0 bridgehead atoms. The molecule has 1 saturated carbocycles. The quantitative estimate of drug-likeness (QED) is 0.261. The van der Waals surface area contributed by atoms with E-state index in [2.05, 4.69) is 23.2 Å². The molecule has 1 saturated heterocycles. The summed E-state index contributed by atoms with van der Waals surface area (Å²) in [7, 11) is -3.60. The zero-order valence-electron chi connectivity index (χ0n) is 25.2. The lowest BCUT2D eigenvalue weighted by molar-refractivity contribution is -0.137. The molecule has 0 radical (unpaired) electrons. The molecular weight excluding hydrogens is 599 g/mol. The van der Waals surface area contributed by atoms with Crippen LogP contribution in [0.3, 0.4) is 0 Å². The Morgan fingerprint density at radius 1 is 0.911 bits per heavy atom. The van der Waals surface area contributed by atoms with Crippen LogP contribution in [0.1, 0.15) is 80.2 Å². The van der Waals surface area contributed by atoms with Crippen LogP contribution in [0.15, 0.2) is 76.7 Å². The van der Waals surface area contributed by atoms with Gasteiger partial charge in [-0.15, -0.1) is 0 Å². The number of aromatic nitrogens is 1. The van der Waals surface area contributed by atoms with Gasteiger partial charge in [-0.25, -0.2) is 8.42 Å². The van der Waals surface area contributed by atoms with Gasteiger partial charge in [0.15, 0.2) is 9.84 Å². The maximum Gasteiger partial charge on any atom is 0.417 e. The highest BCUT2D eigenvalue weighted by Crippen LogP contribution is 2.44. The van der Waals surface area contributed by atoms with Crippen LogP contribution >= 0.6 is 0 Å². The van der Waals surface area contributed by atoms with E-state index >= 15 is 0 Å². The number of fused-ring (bicyclic) bond motifs is 2. The Morgan fingerprint density at radius 2 is 1.62 bits per heavy atom. The fourth-order valence-electron chi connectivity index (χ4n) is 7.22. The van der Waals surface area contributed by atoms with Crippen LogP contribution in [-0.4, -0.2) is 32.4 Å². The van der Waals surface area contributed by atoms with Gasteiger partial charge in [0.1, 0.15) is 5.78 Å². The predicted octanol–water partition coefficient (Wildman–Crippen LogP) is 8.20. The number of carbonyl (C=O) groups excluding carboxylic acids is 1. The number of hydrogen-bond donors (Lipinski definition) is 0. The van der Waals surface area contributed by atoms with E-state index in [1.165, 1.54) is 17.0 Å². The van der Waals surface area contributed by atoms with E-state index in [4.69, 9.17) is 4.74 Å². The third-order valence-electron chi connectivity index (χ3n) is 9.91. The van der Waals surface area contributed by atoms with E-state index in [1.807, 2.05) is 12.1 Å². The SMILES string of the molecule is O=C1CCc2ccc(-c3ccc(S(=O)(=O)C=C4CCC(CCCc5ccc(C(F)(F)F)cn5)CC4)cc3)cc2C12CCOCC2. The molecule has 6 rings (SSSR count). The molecule has 5 nitrogen and oxygen atoms in total. The summed E-state index contributed by atoms with van der Waals surface area (Å²) in [6, 6.07) is 15.8. The summed E-state index contributed by atoms with van der Waals surface area (Å²) in [5, 5.41) is 1.43. The summed E-state index contributed by atoms with van der Waals surface area (Å²) < 4.78 is 70.3. The van der Waals surface area contributed by atoms with E-state index in [-0.39, 0.29) is 4.90 Å². The fraction of sp³-hybridized carbons (Fsp3) is 0.444. The zero-order chi connectivity index (χ0) is 31.7. The summed E-state index contributed by atoms with van der Waals surface area (Å²) in [5.41, 5.74) is 4.59. The van der Waals surface area contributed by atoms with E-state index in [1.54, 1.807) is 12.1 Å². The third kappa shape index (κ3) is 6.94. The number of rotatable bonds is 7. The van der Waals surface area contributed by atoms with Crippen molar-refractivity contribution in [1.82, 2.24) is 4.98 Å². The largest absolute Gasteiger partial charge is 0.417 e. The van der Waals surface area contributed by atoms with Gasteiger partial charge in [-0.2, -0.15) is 13.2 Å². The van der Waals surface area contributed by atoms with Crippen LogP contribution in [0.2, 0.25) is 0 Å². The standard InChI is InChI=1S/C36H38F3NO4S/c37-36(38,39)30-13-14-31(40-23-30)3-1-2-25-4-6-26(7-5-25)24-45(42,43)32-15-10-27(11-16-32)29-9-8-28-12-17-34(41)35(33(28)22-29)18-20-44-21-19-35/h8-11,13-16,22-25H,1-7,12,17-21H2. The summed E-state index contributed by atoms with van der Waals surface area (Å²) >= 11 is 0. The number of allylic oxidation sites excluding steroid dienone is 1. The first-order valence-corrected chi connectivity index (χ1v) is 17.4. The molecule has 0 N–H and O–H groups in total. The summed E-state index contributed by atoms with van der Waals surface area (Å²) in [5.74, 6) is 0.764. The van der Waals surface area contributed by atoms with Crippen molar-refractivity contribution < 1.29 is 31.1 Å². The lowest BCUT2D eigenvalue weighted by Crippen LogP contribution is -2.44. The highest BCUT2D eigenvalue weighted by molar-refractivity contribution is 7.94. The Morgan fingerprint density at radius 3 is 2.29 bits per heavy atom. The minimum atomic E-state index is -4.38. The molecule has 9 heteroatoms. The average Bonchev–Trinajstić information content (AvgIpc) is 3.04. The molecule has 1 spiro atoms. The Hall–Kier alpha value is -3.30. The van der Waals surface area contributed by atoms with Gasteiger partial charge < -0.3 is 4.74 Å². The third-order valence-corrected chi connectivity index (χ3v) is 11.5. The molecule has 2 aromatic carbocycles. The summed E-state index contributed by atoms with van der Waals surface area (Å²) in [4.78, 5) is 17.3. The molecule has 0 amide bonds. The first kappa shape index (κ1) is 31.7. The lowest BCUT2D eigenvalue weighted by atomic mass is 9.64. The highest BCUT2D eigenvalue weighted by Gasteiger charge is 2.44. The highest BCUT2D eigenvalue weighted by atomic mass is 32.2. The summed E-state index contributed by atoms with van der Waals surface area (Å²) in [6.45, 7) is 1.17. The Balaban J connectivity index is 1.06. The van der Waals surface area contributed by atoms with Gasteiger partial charge in [0, 0.05) is 36.9 Å². The van der Waals surface area contributed by atoms with E-state index in [9.17, 15) is 26.4 Å². The molecule has 3 aromatic rings. The fourth-order valence-corrected chi connectivity index (χ4v) is 8.54. The molecule has 0 atom stereocenters. The minimum Gasteiger partial charge on any atom is -0.381 e. The summed E-state index contributed by atoms with van der Waals surface area (Å²) in [6.07, 6.45) is 4.88. The minimum absolute atomic E-state index is 0.263. The van der Waals surface area contributed by atoms with Crippen molar-refractivity contribution in [2.24, 2.45) is 5.92 Å². The van der Waals surface area contributed by atoms with Gasteiger partial charge in [0.05, 0.1) is 15.9 Å². The number of nitrogens with zero attached hydrogens (tertiary/aromatic N) is 1. The van der Waals surface area contributed by atoms with Gasteiger partial charge in [-0.3, -0.25) is 9.78 Å². The molecule has 0 unspecified atom stereocenters. The Bertz CT molecular complexity index is 1660. The van der Waals surface area contributed by atoms with Gasteiger partial charge in [-0.1, -0.05) is 36.3 Å². The van der Waals surface area contributed by atoms with E-state index < -0.39 is 27.0 Å². The zero-order valence-corrected chi connectivity index (χ0v) is 26.1. The number of alkyl halides is 3. The number of ether oxygens (including phenoxy) is 1. The van der Waals surface area contributed by atoms with Crippen molar-refractivity contribution in [3.05, 3.63) is 94.2 Å². The number of aryl methyl sites for hydroxylation is 2. The van der Waals surface area contributed by atoms with Crippen molar-refractivity contribution in [2.75, 3.05) is 13.2 Å². The molecular formula is C36H38F3NO4S. The number of pyridine rings is 1. The number of benzene rings is 2. The van der Waals surface area contributed by atoms with Crippen LogP contribution in [0.25, 0.3) is 11.1 Å². The normalized spacial score (nSPS) is 20.2. The maximum absolute atomic E-state index is 13.3. The molecule has 2 aliphatic carbocycles. The maximum atomic E-state index is 13.3. The second-order valence-electron chi connectivity index (χ2n) is 12.7. The smallest absolute Gasteiger partial charge is 0.381 e. The molecule has 1 aromatic heterocycles. The molecule has 2 fully saturated rings. The van der Waals surface area contributed by atoms with Crippen molar-refractivity contribution in [3.8, 4) is 11.1 Å². The number of halogens is 3. The van der Waals surface area contributed by atoms with Gasteiger partial charge in [0.2, 0.25) is 0 Å². The van der Waals surface area contributed by atoms with Crippen LogP contribution in [0, 0.1) is 5.92 Å². The van der Waals surface area contributed by atoms with Crippen molar-refractivity contribution in [3.63, 3.8) is 0 Å². The monoisotopic (exact) mass is 637 g/mol. The number of carbonyl (C=O) groups is 1. The number of Topliss-reactive ketones (excluding diaryl/α,β-unsaturated/α-hetero) is 1. The first-order chi connectivity index (χ1) is 21.5. The molecule has 3 aliphatic rings. The number of hydrogen-bond acceptors (Lipinski definition) is 5. The second kappa shape index (κ2) is 12.8. The molecule has 45 heavy (non-hydrogen) atoms. The first-order valence-electron chi connectivity index (χ1n) is 15.9. The van der Waals surface area contributed by atoms with Crippen LogP contribution in [-0.2, 0) is 43.8 Å². The second-order valence-corrected chi connectivity index (χ2v) is 14.5. The number of sulfone groups is 1. The average molecular weight is 638 g/mol. The van der Waals surface area contributed by atoms with Crippen LogP contribution in [0.5, 0.6) is 0 Å². The van der Waals surface area contributed by atoms with Crippen molar-refractivity contribution in [1.29, 1.82) is 0 Å². The van der Waals surface area contributed by atoms with Crippen LogP contribution in [0.4, 0.5) is 13.2 Å². The van der Waals surface area contributed by atoms with Crippen molar-refractivity contribution in [2.45, 2.75) is 87.1 Å². The van der Waals surface area contributed by atoms with E-state index in [0.717, 1.165) is 79.5 Å². The van der Waals surface area contributed by atoms with Gasteiger partial charge in [0.25, 0.3) is 0 Å². The van der Waals surface area contributed by atoms with Crippen molar-refractivity contribution >= 4 is 15.6 Å². The predicted molar refractivity (Wildman–Crippen MR) is 166 cm³/mol. The Labute approximate surface area is 262 Å². The topological polar surface area (TPSA) is 73.3 Å². The van der Waals surface area contributed by atoms with Gasteiger partial charge >= 0.3 is 6.18 Å². The molecule has 238 valence electrons. The lowest BCUT2D eigenvalue weighted by Gasteiger charge is -2.40. The molecule has 2 heterocycles. The molecule has 1 aliphatic heterocycles. The van der Waals surface area contributed by atoms with E-state index in [0.29, 0.717) is 56.3 Å².